The first kappa shape index (κ1) is 39.4. The number of carbonyl (C=O) groups is 4. The fourth-order valence-corrected chi connectivity index (χ4v) is 9.28. The third kappa shape index (κ3) is 8.62. The zero-order chi connectivity index (χ0) is 39.6. The Morgan fingerprint density at radius 1 is 1.00 bits per heavy atom. The first-order chi connectivity index (χ1) is 26.9. The standard InChI is InChI=1S/C41H52N6O8S/c1-4-28-23-41(28,39(50)46-56(52,53)30-17-18-30)45-36(48)33-22-29-24-47(33)38(49)34(25(2)3)44-40(51)54-20-12-7-5-6-9-13-26-16-19-31-32(21-26)43-37(55-29)35(42-31)27-14-10-8-11-15-27/h8,10-11,14-16,19,21,25,28-30,33-34H,4-7,9,12-13,17-18,20,22-24H2,1-3H3,(H,44,51)(H,45,48)(H,46,50)/t28-,29-,33+,34+,41+/m1/s1. The molecule has 4 aliphatic rings. The van der Waals surface area contributed by atoms with Gasteiger partial charge < -0.3 is 25.0 Å². The van der Waals surface area contributed by atoms with Gasteiger partial charge in [-0.1, -0.05) is 82.9 Å². The summed E-state index contributed by atoms with van der Waals surface area (Å²) >= 11 is 0. The number of hydrogen-bond acceptors (Lipinski definition) is 10. The second-order valence-corrected chi connectivity index (χ2v) is 18.0. The lowest BCUT2D eigenvalue weighted by molar-refractivity contribution is -0.141. The summed E-state index contributed by atoms with van der Waals surface area (Å²) in [5.74, 6) is -2.30. The van der Waals surface area contributed by atoms with E-state index in [1.165, 1.54) is 4.90 Å². The molecule has 3 heterocycles. The molecule has 15 heteroatoms. The van der Waals surface area contributed by atoms with Crippen molar-refractivity contribution in [3.8, 4) is 17.1 Å². The lowest BCUT2D eigenvalue weighted by Gasteiger charge is -2.31. The van der Waals surface area contributed by atoms with E-state index in [4.69, 9.17) is 19.4 Å². The molecule has 4 amide bonds. The van der Waals surface area contributed by atoms with Crippen molar-refractivity contribution in [2.24, 2.45) is 11.8 Å². The molecule has 2 aromatic carbocycles. The summed E-state index contributed by atoms with van der Waals surface area (Å²) in [5.41, 5.74) is 2.34. The Hall–Kier alpha value is -4.79. The second-order valence-electron chi connectivity index (χ2n) is 16.0. The van der Waals surface area contributed by atoms with E-state index in [-0.39, 0.29) is 43.7 Å². The van der Waals surface area contributed by atoms with Crippen LogP contribution in [-0.4, -0.2) is 89.2 Å². The molecule has 14 nitrogen and oxygen atoms in total. The maximum atomic E-state index is 14.5. The number of hydrogen-bond donors (Lipinski definition) is 3. The smallest absolute Gasteiger partial charge is 0.407 e. The highest BCUT2D eigenvalue weighted by Crippen LogP contribution is 2.47. The van der Waals surface area contributed by atoms with Crippen molar-refractivity contribution in [3.63, 3.8) is 0 Å². The minimum absolute atomic E-state index is 0.0304. The number of carbonyl (C=O) groups excluding carboxylic acids is 4. The lowest BCUT2D eigenvalue weighted by atomic mass is 10.0. The molecule has 3 aromatic rings. The second kappa shape index (κ2) is 16.4. The molecule has 5 atom stereocenters. The van der Waals surface area contributed by atoms with Gasteiger partial charge in [-0.25, -0.2) is 23.2 Å². The molecule has 56 heavy (non-hydrogen) atoms. The number of amides is 4. The fraction of sp³-hybridized carbons (Fsp3) is 0.561. The van der Waals surface area contributed by atoms with Crippen LogP contribution in [0.5, 0.6) is 5.88 Å². The third-order valence-corrected chi connectivity index (χ3v) is 13.3. The lowest BCUT2D eigenvalue weighted by Crippen LogP contribution is -2.59. The van der Waals surface area contributed by atoms with Crippen LogP contribution in [0.4, 0.5) is 4.79 Å². The van der Waals surface area contributed by atoms with Crippen molar-refractivity contribution in [1.82, 2.24) is 30.2 Å². The van der Waals surface area contributed by atoms with E-state index < -0.39 is 62.8 Å². The Labute approximate surface area is 327 Å². The third-order valence-electron chi connectivity index (χ3n) is 11.5. The van der Waals surface area contributed by atoms with Crippen LogP contribution in [0.2, 0.25) is 0 Å². The Balaban J connectivity index is 1.23. The summed E-state index contributed by atoms with van der Waals surface area (Å²) in [6, 6.07) is 13.4. The predicted molar refractivity (Wildman–Crippen MR) is 209 cm³/mol. The van der Waals surface area contributed by atoms with Crippen LogP contribution < -0.4 is 20.1 Å². The summed E-state index contributed by atoms with van der Waals surface area (Å²) in [5, 5.41) is 5.01. The van der Waals surface area contributed by atoms with E-state index >= 15 is 0 Å². The van der Waals surface area contributed by atoms with Crippen molar-refractivity contribution in [2.45, 2.75) is 120 Å². The van der Waals surface area contributed by atoms with Gasteiger partial charge in [0.25, 0.3) is 5.91 Å². The van der Waals surface area contributed by atoms with Gasteiger partial charge >= 0.3 is 6.09 Å². The zero-order valence-electron chi connectivity index (χ0n) is 32.3. The van der Waals surface area contributed by atoms with Crippen molar-refractivity contribution >= 4 is 44.9 Å². The van der Waals surface area contributed by atoms with Crippen LogP contribution in [-0.2, 0) is 35.6 Å². The largest absolute Gasteiger partial charge is 0.471 e. The average molecular weight is 789 g/mol. The normalized spacial score (nSPS) is 26.2. The number of nitrogens with zero attached hydrogens (tertiary/aromatic N) is 3. The van der Waals surface area contributed by atoms with E-state index in [9.17, 15) is 27.6 Å². The predicted octanol–water partition coefficient (Wildman–Crippen LogP) is 4.80. The minimum atomic E-state index is -3.87. The molecule has 3 fully saturated rings. The van der Waals surface area contributed by atoms with Crippen molar-refractivity contribution in [2.75, 3.05) is 13.2 Å². The van der Waals surface area contributed by atoms with Crippen LogP contribution in [0.1, 0.15) is 90.5 Å². The molecule has 0 unspecified atom stereocenters. The minimum Gasteiger partial charge on any atom is -0.471 e. The number of cyclic esters (lactones) is 1. The molecule has 2 aliphatic carbocycles. The molecule has 7 rings (SSSR count). The number of rotatable bonds is 8. The summed E-state index contributed by atoms with van der Waals surface area (Å²) in [4.78, 5) is 66.9. The highest BCUT2D eigenvalue weighted by molar-refractivity contribution is 7.91. The molecule has 0 spiro atoms. The molecular weight excluding hydrogens is 737 g/mol. The number of nitrogens with one attached hydrogen (secondary N) is 3. The van der Waals surface area contributed by atoms with Gasteiger partial charge in [0, 0.05) is 12.0 Å². The van der Waals surface area contributed by atoms with Crippen molar-refractivity contribution < 1.29 is 37.1 Å². The van der Waals surface area contributed by atoms with Gasteiger partial charge in [0.1, 0.15) is 29.4 Å². The maximum absolute atomic E-state index is 14.5. The quantitative estimate of drug-likeness (QED) is 0.287. The molecule has 1 aromatic heterocycles. The molecule has 1 saturated heterocycles. The molecule has 2 aliphatic heterocycles. The number of ether oxygens (including phenoxy) is 2. The van der Waals surface area contributed by atoms with Crippen LogP contribution in [0.15, 0.2) is 48.5 Å². The Kier molecular flexibility index (Phi) is 11.5. The van der Waals surface area contributed by atoms with Gasteiger partial charge in [-0.15, -0.1) is 0 Å². The number of fused-ring (bicyclic) bond motifs is 4. The van der Waals surface area contributed by atoms with Crippen LogP contribution in [0.3, 0.4) is 0 Å². The summed E-state index contributed by atoms with van der Waals surface area (Å²) in [6.07, 6.45) is 5.79. The van der Waals surface area contributed by atoms with Crippen molar-refractivity contribution in [1.29, 1.82) is 0 Å². The molecule has 5 bridgehead atoms. The Morgan fingerprint density at radius 2 is 1.75 bits per heavy atom. The highest BCUT2D eigenvalue weighted by atomic mass is 32.2. The van der Waals surface area contributed by atoms with Gasteiger partial charge in [0.15, 0.2) is 0 Å². The Bertz CT molecular complexity index is 2080. The first-order valence-electron chi connectivity index (χ1n) is 20.0. The number of benzene rings is 2. The topological polar surface area (TPSA) is 186 Å². The fourth-order valence-electron chi connectivity index (χ4n) is 7.92. The van der Waals surface area contributed by atoms with E-state index in [2.05, 4.69) is 21.4 Å². The number of sulfonamides is 1. The molecule has 2 saturated carbocycles. The number of aromatic nitrogens is 2. The van der Waals surface area contributed by atoms with Gasteiger partial charge in [0.2, 0.25) is 27.7 Å². The maximum Gasteiger partial charge on any atom is 0.407 e. The van der Waals surface area contributed by atoms with Crippen LogP contribution >= 0.6 is 0 Å². The monoisotopic (exact) mass is 788 g/mol. The molecule has 0 radical (unpaired) electrons. The Morgan fingerprint density at radius 3 is 2.46 bits per heavy atom. The number of alkyl carbamates (subject to hydrolysis) is 1. The van der Waals surface area contributed by atoms with E-state index in [0.29, 0.717) is 42.4 Å². The highest BCUT2D eigenvalue weighted by Gasteiger charge is 2.62. The first-order valence-corrected chi connectivity index (χ1v) is 21.6. The zero-order valence-corrected chi connectivity index (χ0v) is 33.1. The van der Waals surface area contributed by atoms with Gasteiger partial charge in [-0.3, -0.25) is 19.1 Å². The van der Waals surface area contributed by atoms with E-state index in [1.807, 2.05) is 49.4 Å². The van der Waals surface area contributed by atoms with Gasteiger partial charge in [-0.2, -0.15) is 0 Å². The SMILES string of the molecule is CC[C@@H]1C[C@@]1(NC(=O)[C@@H]1C[C@@H]2CN1C(=O)[C@H](C(C)C)NC(=O)OCCCCCCCc1ccc3nc(-c4ccccc4)c(nc3c1)O2)C(=O)NS(=O)(=O)C1CC1. The van der Waals surface area contributed by atoms with Crippen LogP contribution in [0.25, 0.3) is 22.3 Å². The summed E-state index contributed by atoms with van der Waals surface area (Å²) in [6.45, 7) is 5.65. The molecule has 3 N–H and O–H groups in total. The number of aryl methyl sites for hydroxylation is 1. The van der Waals surface area contributed by atoms with Gasteiger partial charge in [0.05, 0.1) is 29.4 Å². The van der Waals surface area contributed by atoms with Crippen LogP contribution in [0, 0.1) is 11.8 Å². The van der Waals surface area contributed by atoms with E-state index in [0.717, 1.165) is 43.2 Å². The molecular formula is C41H52N6O8S. The summed E-state index contributed by atoms with van der Waals surface area (Å²) in [7, 11) is -3.87. The van der Waals surface area contributed by atoms with Crippen molar-refractivity contribution in [3.05, 3.63) is 54.1 Å². The molecule has 300 valence electrons. The summed E-state index contributed by atoms with van der Waals surface area (Å²) < 4.78 is 39.9. The van der Waals surface area contributed by atoms with Gasteiger partial charge in [-0.05, 0) is 68.1 Å². The van der Waals surface area contributed by atoms with E-state index in [1.54, 1.807) is 13.8 Å². The average Bonchev–Trinajstić information content (AvgIpc) is 4.11.